The summed E-state index contributed by atoms with van der Waals surface area (Å²) >= 11 is 0. The molecular formula is C17H22N2O2. The monoisotopic (exact) mass is 286 g/mol. The Kier molecular flexibility index (Phi) is 3.95. The first kappa shape index (κ1) is 14.1. The minimum absolute atomic E-state index is 0.0891. The Hall–Kier alpha value is -1.84. The lowest BCUT2D eigenvalue weighted by atomic mass is 10.0. The molecule has 2 amide bonds. The van der Waals surface area contributed by atoms with Crippen molar-refractivity contribution in [1.82, 2.24) is 9.80 Å². The van der Waals surface area contributed by atoms with Crippen LogP contribution >= 0.6 is 0 Å². The molecule has 0 aromatic heterocycles. The fourth-order valence-corrected chi connectivity index (χ4v) is 3.30. The van der Waals surface area contributed by atoms with Gasteiger partial charge in [0.05, 0.1) is 0 Å². The predicted molar refractivity (Wildman–Crippen MR) is 80.6 cm³/mol. The van der Waals surface area contributed by atoms with Crippen molar-refractivity contribution in [2.24, 2.45) is 0 Å². The number of aryl methyl sites for hydroxylation is 1. The van der Waals surface area contributed by atoms with Gasteiger partial charge in [-0.1, -0.05) is 24.3 Å². The standard InChI is InChI=1S/C17H22N2O2/c1-13(17(21)18-10-4-5-11-18)19-12-15-7-3-2-6-14(15)8-9-16(19)20/h2-3,6-7,13H,4-5,8-12H2,1H3. The lowest BCUT2D eigenvalue weighted by Crippen LogP contribution is -2.48. The van der Waals surface area contributed by atoms with Crippen LogP contribution in [0.4, 0.5) is 0 Å². The van der Waals surface area contributed by atoms with Crippen LogP contribution in [0.25, 0.3) is 0 Å². The second-order valence-corrected chi connectivity index (χ2v) is 6.00. The number of fused-ring (bicyclic) bond motifs is 1. The third kappa shape index (κ3) is 2.80. The predicted octanol–water partition coefficient (Wildman–Crippen LogP) is 1.97. The highest BCUT2D eigenvalue weighted by Gasteiger charge is 2.32. The van der Waals surface area contributed by atoms with Gasteiger partial charge in [-0.3, -0.25) is 9.59 Å². The number of nitrogens with zero attached hydrogens (tertiary/aromatic N) is 2. The van der Waals surface area contributed by atoms with Gasteiger partial charge in [-0.15, -0.1) is 0 Å². The second-order valence-electron chi connectivity index (χ2n) is 6.00. The molecule has 112 valence electrons. The molecule has 2 aliphatic heterocycles. The molecule has 2 aliphatic rings. The quantitative estimate of drug-likeness (QED) is 0.834. The van der Waals surface area contributed by atoms with E-state index in [9.17, 15) is 9.59 Å². The molecule has 0 N–H and O–H groups in total. The Balaban J connectivity index is 1.79. The fourth-order valence-electron chi connectivity index (χ4n) is 3.30. The van der Waals surface area contributed by atoms with Crippen molar-refractivity contribution < 1.29 is 9.59 Å². The van der Waals surface area contributed by atoms with Gasteiger partial charge in [0.2, 0.25) is 11.8 Å². The Bertz CT molecular complexity index is 549. The van der Waals surface area contributed by atoms with E-state index in [0.717, 1.165) is 32.4 Å². The number of hydrogen-bond acceptors (Lipinski definition) is 2. The third-order valence-electron chi connectivity index (χ3n) is 4.63. The van der Waals surface area contributed by atoms with Gasteiger partial charge >= 0.3 is 0 Å². The van der Waals surface area contributed by atoms with Crippen LogP contribution in [0.3, 0.4) is 0 Å². The van der Waals surface area contributed by atoms with Crippen LogP contribution in [0.1, 0.15) is 37.3 Å². The van der Waals surface area contributed by atoms with Crippen LogP contribution < -0.4 is 0 Å². The van der Waals surface area contributed by atoms with Gasteiger partial charge in [-0.25, -0.2) is 0 Å². The van der Waals surface area contributed by atoms with E-state index in [1.165, 1.54) is 11.1 Å². The lowest BCUT2D eigenvalue weighted by molar-refractivity contribution is -0.144. The van der Waals surface area contributed by atoms with Crippen LogP contribution in [0.15, 0.2) is 24.3 Å². The molecule has 3 rings (SSSR count). The van der Waals surface area contributed by atoms with E-state index in [1.54, 1.807) is 4.90 Å². The van der Waals surface area contributed by atoms with Gasteiger partial charge in [0, 0.05) is 26.1 Å². The maximum absolute atomic E-state index is 12.5. The average Bonchev–Trinajstić information content (AvgIpc) is 2.98. The Morgan fingerprint density at radius 2 is 1.76 bits per heavy atom. The van der Waals surface area contributed by atoms with Gasteiger partial charge in [0.1, 0.15) is 6.04 Å². The molecule has 0 aliphatic carbocycles. The van der Waals surface area contributed by atoms with Crippen molar-refractivity contribution in [3.05, 3.63) is 35.4 Å². The molecule has 1 aromatic carbocycles. The molecule has 1 atom stereocenters. The summed E-state index contributed by atoms with van der Waals surface area (Å²) in [6, 6.07) is 7.80. The maximum Gasteiger partial charge on any atom is 0.245 e. The van der Waals surface area contributed by atoms with Crippen molar-refractivity contribution in [1.29, 1.82) is 0 Å². The van der Waals surface area contributed by atoms with Crippen molar-refractivity contribution >= 4 is 11.8 Å². The molecule has 0 saturated carbocycles. The molecule has 1 saturated heterocycles. The Labute approximate surface area is 125 Å². The molecule has 1 unspecified atom stereocenters. The van der Waals surface area contributed by atoms with Crippen LogP contribution in [0.5, 0.6) is 0 Å². The zero-order valence-corrected chi connectivity index (χ0v) is 12.5. The highest BCUT2D eigenvalue weighted by atomic mass is 16.2. The summed E-state index contributed by atoms with van der Waals surface area (Å²) in [7, 11) is 0. The van der Waals surface area contributed by atoms with Gasteiger partial charge in [0.25, 0.3) is 0 Å². The van der Waals surface area contributed by atoms with E-state index in [-0.39, 0.29) is 17.9 Å². The number of amides is 2. The number of likely N-dealkylation sites (tertiary alicyclic amines) is 1. The second kappa shape index (κ2) is 5.88. The van der Waals surface area contributed by atoms with Crippen LogP contribution in [0.2, 0.25) is 0 Å². The summed E-state index contributed by atoms with van der Waals surface area (Å²) < 4.78 is 0. The largest absolute Gasteiger partial charge is 0.341 e. The molecule has 4 heteroatoms. The molecule has 0 spiro atoms. The zero-order chi connectivity index (χ0) is 14.8. The first-order valence-electron chi connectivity index (χ1n) is 7.82. The van der Waals surface area contributed by atoms with Crippen LogP contribution in [0, 0.1) is 0 Å². The molecule has 1 aromatic rings. The van der Waals surface area contributed by atoms with Gasteiger partial charge in [-0.05, 0) is 37.3 Å². The van der Waals surface area contributed by atoms with Crippen molar-refractivity contribution in [3.63, 3.8) is 0 Å². The summed E-state index contributed by atoms with van der Waals surface area (Å²) in [4.78, 5) is 28.6. The van der Waals surface area contributed by atoms with Gasteiger partial charge < -0.3 is 9.80 Å². The van der Waals surface area contributed by atoms with Crippen LogP contribution in [-0.2, 0) is 22.6 Å². The first-order chi connectivity index (χ1) is 10.2. The van der Waals surface area contributed by atoms with E-state index >= 15 is 0 Å². The van der Waals surface area contributed by atoms with E-state index < -0.39 is 0 Å². The minimum Gasteiger partial charge on any atom is -0.341 e. The molecule has 0 bridgehead atoms. The Morgan fingerprint density at radius 1 is 1.10 bits per heavy atom. The summed E-state index contributed by atoms with van der Waals surface area (Å²) in [6.07, 6.45) is 3.43. The summed E-state index contributed by atoms with van der Waals surface area (Å²) in [5, 5.41) is 0. The smallest absolute Gasteiger partial charge is 0.245 e. The van der Waals surface area contributed by atoms with E-state index in [2.05, 4.69) is 12.1 Å². The molecule has 1 fully saturated rings. The van der Waals surface area contributed by atoms with Crippen molar-refractivity contribution in [2.75, 3.05) is 13.1 Å². The Morgan fingerprint density at radius 3 is 2.48 bits per heavy atom. The number of carbonyl (C=O) groups excluding carboxylic acids is 2. The highest BCUT2D eigenvalue weighted by Crippen LogP contribution is 2.22. The van der Waals surface area contributed by atoms with E-state index in [1.807, 2.05) is 24.0 Å². The van der Waals surface area contributed by atoms with E-state index in [0.29, 0.717) is 13.0 Å². The van der Waals surface area contributed by atoms with Crippen molar-refractivity contribution in [2.45, 2.75) is 45.2 Å². The van der Waals surface area contributed by atoms with E-state index in [4.69, 9.17) is 0 Å². The molecular weight excluding hydrogens is 264 g/mol. The van der Waals surface area contributed by atoms with Gasteiger partial charge in [0.15, 0.2) is 0 Å². The summed E-state index contributed by atoms with van der Waals surface area (Å²) in [5.74, 6) is 0.187. The zero-order valence-electron chi connectivity index (χ0n) is 12.5. The molecule has 2 heterocycles. The molecule has 21 heavy (non-hydrogen) atoms. The number of rotatable bonds is 2. The minimum atomic E-state index is -0.359. The topological polar surface area (TPSA) is 40.6 Å². The van der Waals surface area contributed by atoms with Gasteiger partial charge in [-0.2, -0.15) is 0 Å². The highest BCUT2D eigenvalue weighted by molar-refractivity contribution is 5.88. The average molecular weight is 286 g/mol. The summed E-state index contributed by atoms with van der Waals surface area (Å²) in [6.45, 7) is 4.09. The van der Waals surface area contributed by atoms with Crippen LogP contribution in [-0.4, -0.2) is 40.7 Å². The number of carbonyl (C=O) groups is 2. The first-order valence-corrected chi connectivity index (χ1v) is 7.82. The SMILES string of the molecule is CC(C(=O)N1CCCC1)N1Cc2ccccc2CCC1=O. The molecule has 0 radical (unpaired) electrons. The maximum atomic E-state index is 12.5. The normalized spacial score (nSPS) is 20.1. The van der Waals surface area contributed by atoms with Crippen molar-refractivity contribution in [3.8, 4) is 0 Å². The fraction of sp³-hybridized carbons (Fsp3) is 0.529. The molecule has 4 nitrogen and oxygen atoms in total. The summed E-state index contributed by atoms with van der Waals surface area (Å²) in [5.41, 5.74) is 2.40. The number of hydrogen-bond donors (Lipinski definition) is 0. The third-order valence-corrected chi connectivity index (χ3v) is 4.63. The number of benzene rings is 1. The lowest BCUT2D eigenvalue weighted by Gasteiger charge is -2.30.